The highest BCUT2D eigenvalue weighted by Gasteiger charge is 2.45. The molecular weight excluding hydrogens is 204 g/mol. The highest BCUT2D eigenvalue weighted by Crippen LogP contribution is 2.53. The smallest absolute Gasteiger partial charge is 0.333 e. The van der Waals surface area contributed by atoms with Crippen LogP contribution < -0.4 is 0 Å². The Kier molecular flexibility index (Phi) is 2.18. The third-order valence-electron chi connectivity index (χ3n) is 4.28. The van der Waals surface area contributed by atoms with Crippen molar-refractivity contribution in [2.75, 3.05) is 7.11 Å². The summed E-state index contributed by atoms with van der Waals surface area (Å²) in [5.41, 5.74) is 3.58. The topological polar surface area (TPSA) is 46.5 Å². The van der Waals surface area contributed by atoms with E-state index in [1.165, 1.54) is 18.3 Å². The normalized spacial score (nSPS) is 36.1. The van der Waals surface area contributed by atoms with Crippen LogP contribution in [0.15, 0.2) is 22.8 Å². The van der Waals surface area contributed by atoms with E-state index in [2.05, 4.69) is 0 Å². The Balaban J connectivity index is 1.84. The number of allylic oxidation sites excluding steroid dienone is 2. The second-order valence-electron chi connectivity index (χ2n) is 4.99. The summed E-state index contributed by atoms with van der Waals surface area (Å²) in [5.74, 6) is 0.669. The Bertz CT molecular complexity index is 405. The van der Waals surface area contributed by atoms with Gasteiger partial charge in [-0.1, -0.05) is 17.2 Å². The van der Waals surface area contributed by atoms with Gasteiger partial charge in [0, 0.05) is 17.9 Å². The maximum atomic E-state index is 11.5. The predicted octanol–water partition coefficient (Wildman–Crippen LogP) is 1.58. The zero-order chi connectivity index (χ0) is 11.3. The number of carbonyl (C=O) groups is 1. The minimum absolute atomic E-state index is 0.180. The number of ether oxygens (including phenoxy) is 1. The van der Waals surface area contributed by atoms with Crippen LogP contribution in [0.2, 0.25) is 0 Å². The first-order chi connectivity index (χ1) is 7.70. The fraction of sp³-hybridized carbons (Fsp3) is 0.615. The Labute approximate surface area is 94.8 Å². The summed E-state index contributed by atoms with van der Waals surface area (Å²) < 4.78 is 4.75. The van der Waals surface area contributed by atoms with Crippen molar-refractivity contribution in [3.05, 3.63) is 22.8 Å². The van der Waals surface area contributed by atoms with Crippen LogP contribution in [0.4, 0.5) is 0 Å². The van der Waals surface area contributed by atoms with E-state index in [4.69, 9.17) is 4.74 Å². The van der Waals surface area contributed by atoms with Crippen LogP contribution in [0, 0.1) is 11.8 Å². The lowest BCUT2D eigenvalue weighted by Crippen LogP contribution is -2.22. The highest BCUT2D eigenvalue weighted by atomic mass is 16.5. The number of fused-ring (bicyclic) bond motifs is 4. The molecule has 3 heteroatoms. The quantitative estimate of drug-likeness (QED) is 0.539. The van der Waals surface area contributed by atoms with E-state index in [0.717, 1.165) is 24.8 Å². The third-order valence-corrected chi connectivity index (χ3v) is 4.28. The number of esters is 1. The molecule has 0 radical (unpaired) electrons. The molecule has 0 saturated heterocycles. The standard InChI is InChI=1S/C13H16O3/c1-16-13(15)7-2-3-9-8-5-11(10(9)4-7)12(14)6-8/h2,8,11-12,14H,3-6H2,1H3/t8-,11-,12-/m0/s1. The lowest BCUT2D eigenvalue weighted by Gasteiger charge is -2.26. The van der Waals surface area contributed by atoms with Gasteiger partial charge in [0.1, 0.15) is 0 Å². The molecule has 86 valence electrons. The van der Waals surface area contributed by atoms with Crippen molar-refractivity contribution < 1.29 is 14.6 Å². The number of hydrogen-bond acceptors (Lipinski definition) is 3. The molecular formula is C13H16O3. The van der Waals surface area contributed by atoms with Crippen molar-refractivity contribution >= 4 is 5.97 Å². The fourth-order valence-corrected chi connectivity index (χ4v) is 3.51. The number of hydrogen-bond donors (Lipinski definition) is 1. The average Bonchev–Trinajstić information content (AvgIpc) is 2.84. The minimum atomic E-state index is -0.219. The van der Waals surface area contributed by atoms with Crippen molar-refractivity contribution in [3.8, 4) is 0 Å². The Morgan fingerprint density at radius 1 is 1.44 bits per heavy atom. The first-order valence-electron chi connectivity index (χ1n) is 5.88. The fourth-order valence-electron chi connectivity index (χ4n) is 3.51. The third kappa shape index (κ3) is 1.27. The van der Waals surface area contributed by atoms with Gasteiger partial charge in [0.15, 0.2) is 0 Å². The van der Waals surface area contributed by atoms with E-state index in [0.29, 0.717) is 18.3 Å². The van der Waals surface area contributed by atoms with Crippen LogP contribution in [0.3, 0.4) is 0 Å². The maximum Gasteiger partial charge on any atom is 0.333 e. The van der Waals surface area contributed by atoms with E-state index in [1.807, 2.05) is 6.08 Å². The summed E-state index contributed by atoms with van der Waals surface area (Å²) in [6.07, 6.45) is 5.41. The van der Waals surface area contributed by atoms with Crippen molar-refractivity contribution in [1.29, 1.82) is 0 Å². The molecule has 3 rings (SSSR count). The van der Waals surface area contributed by atoms with Crippen LogP contribution in [-0.4, -0.2) is 24.3 Å². The van der Waals surface area contributed by atoms with Crippen molar-refractivity contribution in [2.45, 2.75) is 31.8 Å². The zero-order valence-electron chi connectivity index (χ0n) is 9.40. The molecule has 16 heavy (non-hydrogen) atoms. The second kappa shape index (κ2) is 3.45. The Morgan fingerprint density at radius 3 is 3.00 bits per heavy atom. The van der Waals surface area contributed by atoms with Gasteiger partial charge in [-0.25, -0.2) is 4.79 Å². The Hall–Kier alpha value is -1.09. The van der Waals surface area contributed by atoms with Crippen LogP contribution >= 0.6 is 0 Å². The molecule has 3 aliphatic rings. The molecule has 0 aromatic carbocycles. The van der Waals surface area contributed by atoms with Crippen LogP contribution in [0.5, 0.6) is 0 Å². The predicted molar refractivity (Wildman–Crippen MR) is 58.6 cm³/mol. The van der Waals surface area contributed by atoms with Gasteiger partial charge in [-0.3, -0.25) is 0 Å². The van der Waals surface area contributed by atoms with Gasteiger partial charge < -0.3 is 9.84 Å². The summed E-state index contributed by atoms with van der Waals surface area (Å²) in [6.45, 7) is 0. The largest absolute Gasteiger partial charge is 0.466 e. The summed E-state index contributed by atoms with van der Waals surface area (Å²) >= 11 is 0. The maximum absolute atomic E-state index is 11.5. The molecule has 0 spiro atoms. The molecule has 3 atom stereocenters. The van der Waals surface area contributed by atoms with Crippen molar-refractivity contribution in [1.82, 2.24) is 0 Å². The molecule has 0 aromatic heterocycles. The van der Waals surface area contributed by atoms with E-state index in [1.54, 1.807) is 0 Å². The molecule has 3 nitrogen and oxygen atoms in total. The van der Waals surface area contributed by atoms with Crippen LogP contribution in [0.1, 0.15) is 25.7 Å². The number of aliphatic hydroxyl groups is 1. The average molecular weight is 220 g/mol. The first kappa shape index (κ1) is 10.1. The number of carbonyl (C=O) groups excluding carboxylic acids is 1. The van der Waals surface area contributed by atoms with Crippen molar-refractivity contribution in [2.24, 2.45) is 11.8 Å². The van der Waals surface area contributed by atoms with E-state index < -0.39 is 0 Å². The summed E-state index contributed by atoms with van der Waals surface area (Å²) in [6, 6.07) is 0. The molecule has 1 saturated carbocycles. The number of rotatable bonds is 1. The molecule has 0 heterocycles. The van der Waals surface area contributed by atoms with Gasteiger partial charge in [-0.05, 0) is 25.2 Å². The summed E-state index contributed by atoms with van der Waals surface area (Å²) in [5, 5.41) is 9.87. The lowest BCUT2D eigenvalue weighted by molar-refractivity contribution is -0.136. The molecule has 3 aliphatic carbocycles. The van der Waals surface area contributed by atoms with Crippen LogP contribution in [0.25, 0.3) is 0 Å². The molecule has 0 aliphatic heterocycles. The van der Waals surface area contributed by atoms with Crippen molar-refractivity contribution in [3.63, 3.8) is 0 Å². The summed E-state index contributed by atoms with van der Waals surface area (Å²) in [7, 11) is 1.42. The molecule has 0 aromatic rings. The lowest BCUT2D eigenvalue weighted by atomic mass is 9.81. The SMILES string of the molecule is COC(=O)C1=CCC2=C(C1)[C@@H]1C[C@H]2C[C@@H]1O. The molecule has 1 N–H and O–H groups in total. The molecule has 0 unspecified atom stereocenters. The summed E-state index contributed by atoms with van der Waals surface area (Å²) in [4.78, 5) is 11.5. The molecule has 1 fully saturated rings. The zero-order valence-corrected chi connectivity index (χ0v) is 9.40. The molecule has 2 bridgehead atoms. The second-order valence-corrected chi connectivity index (χ2v) is 4.99. The Morgan fingerprint density at radius 2 is 2.25 bits per heavy atom. The van der Waals surface area contributed by atoms with Gasteiger partial charge >= 0.3 is 5.97 Å². The first-order valence-corrected chi connectivity index (χ1v) is 5.88. The van der Waals surface area contributed by atoms with Gasteiger partial charge in [0.2, 0.25) is 0 Å². The monoisotopic (exact) mass is 220 g/mol. The minimum Gasteiger partial charge on any atom is -0.466 e. The van der Waals surface area contributed by atoms with Gasteiger partial charge in [-0.2, -0.15) is 0 Å². The highest BCUT2D eigenvalue weighted by molar-refractivity contribution is 5.89. The van der Waals surface area contributed by atoms with E-state index in [9.17, 15) is 9.90 Å². The van der Waals surface area contributed by atoms with Gasteiger partial charge in [0.05, 0.1) is 13.2 Å². The van der Waals surface area contributed by atoms with Gasteiger partial charge in [0.25, 0.3) is 0 Å². The van der Waals surface area contributed by atoms with Crippen LogP contribution in [-0.2, 0) is 9.53 Å². The number of aliphatic hydroxyl groups excluding tert-OH is 1. The van der Waals surface area contributed by atoms with E-state index in [-0.39, 0.29) is 12.1 Å². The molecule has 0 amide bonds. The van der Waals surface area contributed by atoms with Gasteiger partial charge in [-0.15, -0.1) is 0 Å². The number of methoxy groups -OCH3 is 1. The van der Waals surface area contributed by atoms with E-state index >= 15 is 0 Å².